The number of rotatable bonds is 1. The van der Waals surface area contributed by atoms with Gasteiger partial charge in [-0.05, 0) is 6.07 Å². The number of nitrogens with zero attached hydrogens (tertiary/aromatic N) is 1. The predicted octanol–water partition coefficient (Wildman–Crippen LogP) is 1.47. The molecule has 1 saturated heterocycles. The van der Waals surface area contributed by atoms with Gasteiger partial charge in [-0.1, -0.05) is 18.2 Å². The lowest BCUT2D eigenvalue weighted by molar-refractivity contribution is 0.325. The smallest absolute Gasteiger partial charge is 0.285 e. The van der Waals surface area contributed by atoms with Crippen molar-refractivity contribution in [2.24, 2.45) is 4.99 Å². The topological polar surface area (TPSA) is 33.6 Å². The first-order valence-corrected chi connectivity index (χ1v) is 4.42. The van der Waals surface area contributed by atoms with E-state index < -0.39 is 0 Å². The maximum Gasteiger partial charge on any atom is 0.285 e. The van der Waals surface area contributed by atoms with Gasteiger partial charge in [0.15, 0.2) is 0 Å². The van der Waals surface area contributed by atoms with Crippen LogP contribution in [0, 0.1) is 5.82 Å². The minimum atomic E-state index is -0.217. The molecule has 4 heteroatoms. The Morgan fingerprint density at radius 1 is 1.50 bits per heavy atom. The van der Waals surface area contributed by atoms with Gasteiger partial charge in [0.05, 0.1) is 6.04 Å². The van der Waals surface area contributed by atoms with E-state index in [-0.39, 0.29) is 11.9 Å². The Balaban J connectivity index is 2.21. The van der Waals surface area contributed by atoms with E-state index in [0.29, 0.717) is 18.2 Å². The monoisotopic (exact) mass is 194 g/mol. The number of halogens is 1. The fraction of sp³-hybridized carbons (Fsp3) is 0.300. The zero-order valence-electron chi connectivity index (χ0n) is 7.83. The maximum absolute atomic E-state index is 13.3. The third-order valence-corrected chi connectivity index (χ3v) is 2.17. The number of aliphatic imine (C=N–C) groups is 1. The zero-order valence-corrected chi connectivity index (χ0v) is 7.83. The van der Waals surface area contributed by atoms with E-state index >= 15 is 0 Å². The van der Waals surface area contributed by atoms with Crippen molar-refractivity contribution in [3.05, 3.63) is 35.6 Å². The zero-order chi connectivity index (χ0) is 9.97. The first-order chi connectivity index (χ1) is 6.81. The predicted molar refractivity (Wildman–Crippen MR) is 51.6 cm³/mol. The van der Waals surface area contributed by atoms with Crippen molar-refractivity contribution < 1.29 is 9.13 Å². The molecule has 1 N–H and O–H groups in total. The molecule has 0 radical (unpaired) electrons. The Morgan fingerprint density at radius 2 is 2.29 bits per heavy atom. The summed E-state index contributed by atoms with van der Waals surface area (Å²) in [5, 5.41) is 2.99. The molecule has 0 saturated carbocycles. The molecule has 1 atom stereocenters. The van der Waals surface area contributed by atoms with Crippen LogP contribution in [-0.4, -0.2) is 19.7 Å². The fourth-order valence-corrected chi connectivity index (χ4v) is 1.45. The van der Waals surface area contributed by atoms with Crippen molar-refractivity contribution in [2.75, 3.05) is 13.7 Å². The van der Waals surface area contributed by atoms with E-state index in [2.05, 4.69) is 10.3 Å². The summed E-state index contributed by atoms with van der Waals surface area (Å²) in [4.78, 5) is 3.85. The molecule has 2 rings (SSSR count). The van der Waals surface area contributed by atoms with Crippen LogP contribution in [0.25, 0.3) is 0 Å². The molecular weight excluding hydrogens is 183 g/mol. The molecule has 1 heterocycles. The third-order valence-electron chi connectivity index (χ3n) is 2.17. The highest BCUT2D eigenvalue weighted by molar-refractivity contribution is 5.75. The molecule has 1 unspecified atom stereocenters. The van der Waals surface area contributed by atoms with Crippen molar-refractivity contribution in [1.82, 2.24) is 5.32 Å². The highest BCUT2D eigenvalue weighted by atomic mass is 19.1. The van der Waals surface area contributed by atoms with Crippen LogP contribution in [0.1, 0.15) is 11.6 Å². The second-order valence-electron chi connectivity index (χ2n) is 3.06. The number of hydrogen-bond donors (Lipinski definition) is 1. The van der Waals surface area contributed by atoms with E-state index in [1.54, 1.807) is 25.2 Å². The van der Waals surface area contributed by atoms with Gasteiger partial charge in [0, 0.05) is 12.6 Å². The van der Waals surface area contributed by atoms with E-state index in [0.717, 1.165) is 0 Å². The number of hydrogen-bond acceptors (Lipinski definition) is 2. The van der Waals surface area contributed by atoms with E-state index in [4.69, 9.17) is 4.74 Å². The summed E-state index contributed by atoms with van der Waals surface area (Å²) in [6, 6.07) is 7.01. The minimum absolute atomic E-state index is 0.130. The first-order valence-electron chi connectivity index (χ1n) is 4.42. The van der Waals surface area contributed by atoms with Crippen molar-refractivity contribution >= 4 is 6.02 Å². The van der Waals surface area contributed by atoms with Crippen molar-refractivity contribution in [2.45, 2.75) is 6.04 Å². The Labute approximate surface area is 81.6 Å². The lowest BCUT2D eigenvalue weighted by atomic mass is 10.1. The molecule has 74 valence electrons. The average molecular weight is 194 g/mol. The fourth-order valence-electron chi connectivity index (χ4n) is 1.45. The van der Waals surface area contributed by atoms with Crippen LogP contribution in [-0.2, 0) is 4.74 Å². The van der Waals surface area contributed by atoms with Crippen LogP contribution < -0.4 is 5.32 Å². The Morgan fingerprint density at radius 3 is 2.93 bits per heavy atom. The van der Waals surface area contributed by atoms with E-state index in [1.165, 1.54) is 6.07 Å². The van der Waals surface area contributed by atoms with Crippen LogP contribution in [0.3, 0.4) is 0 Å². The number of ether oxygens (including phenoxy) is 1. The molecule has 1 aliphatic rings. The van der Waals surface area contributed by atoms with E-state index in [9.17, 15) is 4.39 Å². The highest BCUT2D eigenvalue weighted by Crippen LogP contribution is 2.20. The van der Waals surface area contributed by atoms with Gasteiger partial charge < -0.3 is 10.1 Å². The largest absolute Gasteiger partial charge is 0.463 e. The van der Waals surface area contributed by atoms with Gasteiger partial charge in [-0.25, -0.2) is 9.38 Å². The van der Waals surface area contributed by atoms with Gasteiger partial charge >= 0.3 is 0 Å². The summed E-state index contributed by atoms with van der Waals surface area (Å²) < 4.78 is 18.5. The molecule has 1 fully saturated rings. The molecule has 1 aliphatic heterocycles. The van der Waals surface area contributed by atoms with Crippen LogP contribution in [0.5, 0.6) is 0 Å². The number of nitrogens with one attached hydrogen (secondary N) is 1. The second kappa shape index (κ2) is 3.65. The number of benzene rings is 1. The summed E-state index contributed by atoms with van der Waals surface area (Å²) in [6.45, 7) is 0.424. The van der Waals surface area contributed by atoms with Gasteiger partial charge in [-0.15, -0.1) is 0 Å². The first kappa shape index (κ1) is 8.99. The lowest BCUT2D eigenvalue weighted by Gasteiger charge is -2.08. The van der Waals surface area contributed by atoms with Crippen molar-refractivity contribution in [3.63, 3.8) is 0 Å². The highest BCUT2D eigenvalue weighted by Gasteiger charge is 2.24. The van der Waals surface area contributed by atoms with Gasteiger partial charge in [-0.2, -0.15) is 0 Å². The van der Waals surface area contributed by atoms with Gasteiger partial charge in [0.2, 0.25) is 0 Å². The van der Waals surface area contributed by atoms with Gasteiger partial charge in [0.25, 0.3) is 6.02 Å². The van der Waals surface area contributed by atoms with Gasteiger partial charge in [0.1, 0.15) is 12.4 Å². The van der Waals surface area contributed by atoms with Gasteiger partial charge in [-0.3, -0.25) is 0 Å². The standard InChI is InChI=1S/C10H11FN2O/c1-12-10-13-9(6-14-10)7-4-2-3-5-8(7)11/h2-5,9H,6H2,1H3,(H,12,13). The molecule has 1 aromatic carbocycles. The molecular formula is C10H11FN2O. The lowest BCUT2D eigenvalue weighted by Crippen LogP contribution is -2.20. The van der Waals surface area contributed by atoms with Crippen LogP contribution >= 0.6 is 0 Å². The number of amidine groups is 1. The van der Waals surface area contributed by atoms with Crippen LogP contribution in [0.4, 0.5) is 4.39 Å². The van der Waals surface area contributed by atoms with Crippen molar-refractivity contribution in [1.29, 1.82) is 0 Å². The second-order valence-corrected chi connectivity index (χ2v) is 3.06. The summed E-state index contributed by atoms with van der Waals surface area (Å²) >= 11 is 0. The Bertz CT molecular complexity index is 365. The van der Waals surface area contributed by atoms with E-state index in [1.807, 2.05) is 0 Å². The maximum atomic E-state index is 13.3. The van der Waals surface area contributed by atoms with Crippen molar-refractivity contribution in [3.8, 4) is 0 Å². The Kier molecular flexibility index (Phi) is 2.35. The molecule has 0 aromatic heterocycles. The molecule has 0 spiro atoms. The normalized spacial score (nSPS) is 23.3. The average Bonchev–Trinajstić information content (AvgIpc) is 2.67. The van der Waals surface area contributed by atoms with Crippen LogP contribution in [0.2, 0.25) is 0 Å². The molecule has 3 nitrogen and oxygen atoms in total. The molecule has 0 amide bonds. The summed E-state index contributed by atoms with van der Waals surface area (Å²) in [5.74, 6) is -0.217. The third kappa shape index (κ3) is 1.55. The SMILES string of the molecule is CN=C1NC(c2ccccc2F)CO1. The summed E-state index contributed by atoms with van der Waals surface area (Å²) in [7, 11) is 1.63. The summed E-state index contributed by atoms with van der Waals surface area (Å²) in [5.41, 5.74) is 0.617. The summed E-state index contributed by atoms with van der Waals surface area (Å²) in [6.07, 6.45) is 0. The van der Waals surface area contributed by atoms with Crippen LogP contribution in [0.15, 0.2) is 29.3 Å². The minimum Gasteiger partial charge on any atom is -0.463 e. The molecule has 1 aromatic rings. The molecule has 0 bridgehead atoms. The Hall–Kier alpha value is -1.58. The molecule has 14 heavy (non-hydrogen) atoms. The molecule has 0 aliphatic carbocycles. The quantitative estimate of drug-likeness (QED) is 0.734.